The lowest BCUT2D eigenvalue weighted by Crippen LogP contribution is -2.52. The molecule has 1 saturated heterocycles. The summed E-state index contributed by atoms with van der Waals surface area (Å²) >= 11 is 0. The van der Waals surface area contributed by atoms with E-state index in [1.807, 2.05) is 6.07 Å². The molecule has 2 N–H and O–H groups in total. The molecule has 164 valence electrons. The fraction of sp³-hybridized carbons (Fsp3) is 0.350. The maximum atomic E-state index is 13.1. The molecule has 0 aliphatic carbocycles. The number of hydrogen-bond acceptors (Lipinski definition) is 4. The molecule has 0 amide bonds. The van der Waals surface area contributed by atoms with Crippen molar-refractivity contribution in [2.75, 3.05) is 45.2 Å². The van der Waals surface area contributed by atoms with Crippen LogP contribution in [0.1, 0.15) is 5.56 Å². The lowest BCUT2D eigenvalue weighted by atomic mass is 10.2. The molecule has 7 nitrogen and oxygen atoms in total. The van der Waals surface area contributed by atoms with Gasteiger partial charge in [0.05, 0.1) is 4.90 Å². The highest BCUT2D eigenvalue weighted by atomic mass is 127. The van der Waals surface area contributed by atoms with E-state index in [1.165, 1.54) is 19.2 Å². The summed E-state index contributed by atoms with van der Waals surface area (Å²) in [7, 11) is -0.339. The number of aliphatic imine (C=N–C) groups is 1. The minimum atomic E-state index is -3.47. The molecule has 1 heterocycles. The Morgan fingerprint density at radius 2 is 1.77 bits per heavy atom. The summed E-state index contributed by atoms with van der Waals surface area (Å²) in [6.07, 6.45) is 0. The molecule has 1 fully saturated rings. The largest absolute Gasteiger partial charge is 0.368 e. The standard InChI is InChI=1S/C20H26FN5O2S.HI/c1-22-20(24-15-16-4-3-5-19(14-16)29(27,28)23-2)26-12-10-25(11-13-26)18-8-6-17(21)7-9-18;/h3-9,14,23H,10-13,15H2,1-2H3,(H,22,24);1H. The van der Waals surface area contributed by atoms with Crippen molar-refractivity contribution in [3.8, 4) is 0 Å². The monoisotopic (exact) mass is 547 g/mol. The van der Waals surface area contributed by atoms with Crippen LogP contribution in [-0.2, 0) is 16.6 Å². The number of rotatable bonds is 5. The first-order chi connectivity index (χ1) is 13.9. The molecule has 1 aliphatic heterocycles. The number of piperazine rings is 1. The third-order valence-electron chi connectivity index (χ3n) is 4.91. The SMILES string of the molecule is CN=C(NCc1cccc(S(=O)(=O)NC)c1)N1CCN(c2ccc(F)cc2)CC1.I. The highest BCUT2D eigenvalue weighted by Gasteiger charge is 2.20. The molecule has 2 aromatic rings. The van der Waals surface area contributed by atoms with Gasteiger partial charge < -0.3 is 15.1 Å². The van der Waals surface area contributed by atoms with Gasteiger partial charge in [-0.25, -0.2) is 17.5 Å². The van der Waals surface area contributed by atoms with E-state index in [-0.39, 0.29) is 34.7 Å². The second kappa shape index (κ2) is 10.9. The normalized spacial score (nSPS) is 15.0. The fourth-order valence-electron chi connectivity index (χ4n) is 3.28. The summed E-state index contributed by atoms with van der Waals surface area (Å²) in [6, 6.07) is 13.4. The van der Waals surface area contributed by atoms with Gasteiger partial charge in [-0.2, -0.15) is 0 Å². The third-order valence-corrected chi connectivity index (χ3v) is 6.32. The molecule has 0 spiro atoms. The molecule has 10 heteroatoms. The Morgan fingerprint density at radius 3 is 2.37 bits per heavy atom. The summed E-state index contributed by atoms with van der Waals surface area (Å²) < 4.78 is 39.4. The minimum Gasteiger partial charge on any atom is -0.368 e. The summed E-state index contributed by atoms with van der Waals surface area (Å²) in [5, 5.41) is 3.31. The van der Waals surface area contributed by atoms with E-state index in [2.05, 4.69) is 24.8 Å². The Bertz CT molecular complexity index is 961. The van der Waals surface area contributed by atoms with Crippen LogP contribution in [0.4, 0.5) is 10.1 Å². The fourth-order valence-corrected chi connectivity index (χ4v) is 4.08. The number of halogens is 2. The Kier molecular flexibility index (Phi) is 8.86. The third kappa shape index (κ3) is 6.05. The van der Waals surface area contributed by atoms with Crippen molar-refractivity contribution >= 4 is 45.6 Å². The van der Waals surface area contributed by atoms with Gasteiger partial charge in [0.1, 0.15) is 5.82 Å². The number of nitrogens with one attached hydrogen (secondary N) is 2. The topological polar surface area (TPSA) is 77.0 Å². The highest BCUT2D eigenvalue weighted by Crippen LogP contribution is 2.17. The van der Waals surface area contributed by atoms with Crippen LogP contribution in [-0.4, -0.2) is 59.6 Å². The van der Waals surface area contributed by atoms with Crippen LogP contribution in [0.3, 0.4) is 0 Å². The first kappa shape index (κ1) is 24.4. The summed E-state index contributed by atoms with van der Waals surface area (Å²) in [5.74, 6) is 0.536. The molecular weight excluding hydrogens is 520 g/mol. The lowest BCUT2D eigenvalue weighted by Gasteiger charge is -2.37. The average molecular weight is 547 g/mol. The highest BCUT2D eigenvalue weighted by molar-refractivity contribution is 14.0. The minimum absolute atomic E-state index is 0. The van der Waals surface area contributed by atoms with Crippen molar-refractivity contribution in [1.82, 2.24) is 14.9 Å². The zero-order chi connectivity index (χ0) is 20.9. The second-order valence-corrected chi connectivity index (χ2v) is 8.59. The van der Waals surface area contributed by atoms with E-state index in [4.69, 9.17) is 0 Å². The molecule has 0 radical (unpaired) electrons. The molecule has 3 rings (SSSR count). The molecule has 30 heavy (non-hydrogen) atoms. The maximum Gasteiger partial charge on any atom is 0.240 e. The number of hydrogen-bond donors (Lipinski definition) is 2. The molecule has 0 bridgehead atoms. The molecule has 0 unspecified atom stereocenters. The van der Waals surface area contributed by atoms with E-state index in [0.29, 0.717) is 6.54 Å². The number of benzene rings is 2. The van der Waals surface area contributed by atoms with Crippen molar-refractivity contribution < 1.29 is 12.8 Å². The van der Waals surface area contributed by atoms with Gasteiger partial charge in [-0.15, -0.1) is 24.0 Å². The number of sulfonamides is 1. The lowest BCUT2D eigenvalue weighted by molar-refractivity contribution is 0.372. The zero-order valence-electron chi connectivity index (χ0n) is 17.0. The van der Waals surface area contributed by atoms with E-state index in [1.54, 1.807) is 37.4 Å². The molecule has 0 saturated carbocycles. The number of nitrogens with zero attached hydrogens (tertiary/aromatic N) is 3. The summed E-state index contributed by atoms with van der Waals surface area (Å²) in [6.45, 7) is 3.65. The maximum absolute atomic E-state index is 13.1. The van der Waals surface area contributed by atoms with E-state index < -0.39 is 10.0 Å². The smallest absolute Gasteiger partial charge is 0.240 e. The molecule has 0 aromatic heterocycles. The van der Waals surface area contributed by atoms with Crippen LogP contribution >= 0.6 is 24.0 Å². The van der Waals surface area contributed by atoms with E-state index in [9.17, 15) is 12.8 Å². The first-order valence-corrected chi connectivity index (χ1v) is 10.9. The van der Waals surface area contributed by atoms with Crippen molar-refractivity contribution in [2.24, 2.45) is 4.99 Å². The predicted octanol–water partition coefficient (Wildman–Crippen LogP) is 2.25. The summed E-state index contributed by atoms with van der Waals surface area (Å²) in [4.78, 5) is 8.97. The van der Waals surface area contributed by atoms with Crippen LogP contribution < -0.4 is 14.9 Å². The van der Waals surface area contributed by atoms with Crippen LogP contribution in [0, 0.1) is 5.82 Å². The number of anilines is 1. The van der Waals surface area contributed by atoms with Crippen molar-refractivity contribution in [2.45, 2.75) is 11.4 Å². The second-order valence-electron chi connectivity index (χ2n) is 6.71. The van der Waals surface area contributed by atoms with Gasteiger partial charge in [-0.05, 0) is 49.0 Å². The van der Waals surface area contributed by atoms with Crippen molar-refractivity contribution in [3.05, 3.63) is 59.9 Å². The van der Waals surface area contributed by atoms with Crippen molar-refractivity contribution in [1.29, 1.82) is 0 Å². The van der Waals surface area contributed by atoms with Gasteiger partial charge >= 0.3 is 0 Å². The predicted molar refractivity (Wildman–Crippen MR) is 128 cm³/mol. The molecule has 1 aliphatic rings. The van der Waals surface area contributed by atoms with Gasteiger partial charge in [0.15, 0.2) is 5.96 Å². The first-order valence-electron chi connectivity index (χ1n) is 9.41. The van der Waals surface area contributed by atoms with Crippen molar-refractivity contribution in [3.63, 3.8) is 0 Å². The number of guanidine groups is 1. The molecule has 0 atom stereocenters. The molecular formula is C20H27FIN5O2S. The van der Waals surface area contributed by atoms with Gasteiger partial charge in [0, 0.05) is 45.5 Å². The quantitative estimate of drug-likeness (QED) is 0.341. The average Bonchev–Trinajstić information content (AvgIpc) is 2.75. The Balaban J connectivity index is 0.00000320. The zero-order valence-corrected chi connectivity index (χ0v) is 20.2. The molecule has 2 aromatic carbocycles. The summed E-state index contributed by atoms with van der Waals surface area (Å²) in [5.41, 5.74) is 1.86. The Morgan fingerprint density at radius 1 is 1.10 bits per heavy atom. The van der Waals surface area contributed by atoms with E-state index in [0.717, 1.165) is 43.4 Å². The van der Waals surface area contributed by atoms with Crippen LogP contribution in [0.5, 0.6) is 0 Å². The van der Waals surface area contributed by atoms with Gasteiger partial charge in [0.25, 0.3) is 0 Å². The van der Waals surface area contributed by atoms with E-state index >= 15 is 0 Å². The van der Waals surface area contributed by atoms with Crippen LogP contribution in [0.25, 0.3) is 0 Å². The van der Waals surface area contributed by atoms with Gasteiger partial charge in [0.2, 0.25) is 10.0 Å². The van der Waals surface area contributed by atoms with Crippen LogP contribution in [0.15, 0.2) is 58.4 Å². The Hall–Kier alpha value is -1.92. The van der Waals surface area contributed by atoms with Gasteiger partial charge in [-0.1, -0.05) is 12.1 Å². The van der Waals surface area contributed by atoms with Crippen LogP contribution in [0.2, 0.25) is 0 Å². The van der Waals surface area contributed by atoms with Gasteiger partial charge in [-0.3, -0.25) is 4.99 Å². The Labute approximate surface area is 194 Å².